The summed E-state index contributed by atoms with van der Waals surface area (Å²) in [6.07, 6.45) is 0. The molecule has 0 amide bonds. The van der Waals surface area contributed by atoms with Gasteiger partial charge < -0.3 is 9.32 Å². The van der Waals surface area contributed by atoms with Gasteiger partial charge in [-0.2, -0.15) is 0 Å². The molecule has 2 aliphatic carbocycles. The van der Waals surface area contributed by atoms with Crippen molar-refractivity contribution in [3.63, 3.8) is 0 Å². The standard InChI is InChI=1S/C66H49NO/c1-65(2)59-38-48(43-16-9-6-10-17-43)24-31-53(59)55-33-29-51(40-61(55)65)67(50-27-22-44(23-28-50)46-19-13-18-45(36-46)42-14-7-5-8-15-42)52-30-34-56-54-32-25-49(39-60(54)66(3,4)62(56)41-52)47-26-35-64-58(37-47)57-20-11-12-21-63(57)68-64/h5-41H,1-4H3. The molecule has 324 valence electrons. The minimum Gasteiger partial charge on any atom is -0.456 e. The number of rotatable bonds is 7. The summed E-state index contributed by atoms with van der Waals surface area (Å²) in [5.74, 6) is 0. The lowest BCUT2D eigenvalue weighted by atomic mass is 9.81. The van der Waals surface area contributed by atoms with E-state index in [4.69, 9.17) is 4.42 Å². The Morgan fingerprint density at radius 3 is 1.24 bits per heavy atom. The van der Waals surface area contributed by atoms with E-state index in [1.165, 1.54) is 89.0 Å². The van der Waals surface area contributed by atoms with Crippen LogP contribution in [0.15, 0.2) is 229 Å². The highest BCUT2D eigenvalue weighted by molar-refractivity contribution is 6.06. The van der Waals surface area contributed by atoms with Crippen LogP contribution >= 0.6 is 0 Å². The van der Waals surface area contributed by atoms with Crippen LogP contribution in [0.25, 0.3) is 88.7 Å². The van der Waals surface area contributed by atoms with Gasteiger partial charge in [0, 0.05) is 38.7 Å². The van der Waals surface area contributed by atoms with Crippen LogP contribution < -0.4 is 4.90 Å². The van der Waals surface area contributed by atoms with Crippen molar-refractivity contribution >= 4 is 39.0 Å². The fourth-order valence-corrected chi connectivity index (χ4v) is 11.4. The van der Waals surface area contributed by atoms with Gasteiger partial charge in [-0.25, -0.2) is 0 Å². The molecule has 2 heteroatoms. The Morgan fingerprint density at radius 1 is 0.279 bits per heavy atom. The molecule has 0 saturated heterocycles. The smallest absolute Gasteiger partial charge is 0.135 e. The Labute approximate surface area is 398 Å². The number of hydrogen-bond donors (Lipinski definition) is 0. The summed E-state index contributed by atoms with van der Waals surface area (Å²) in [4.78, 5) is 2.47. The van der Waals surface area contributed by atoms with Gasteiger partial charge in [0.05, 0.1) is 0 Å². The highest BCUT2D eigenvalue weighted by atomic mass is 16.3. The van der Waals surface area contributed by atoms with Gasteiger partial charge in [0.2, 0.25) is 0 Å². The van der Waals surface area contributed by atoms with Gasteiger partial charge in [-0.1, -0.05) is 179 Å². The van der Waals surface area contributed by atoms with E-state index in [2.05, 4.69) is 245 Å². The van der Waals surface area contributed by atoms with Crippen LogP contribution in [-0.2, 0) is 10.8 Å². The van der Waals surface area contributed by atoms with Crippen LogP contribution in [0.4, 0.5) is 17.1 Å². The first kappa shape index (κ1) is 40.1. The van der Waals surface area contributed by atoms with Crippen molar-refractivity contribution in [2.45, 2.75) is 38.5 Å². The molecular weight excluding hydrogens is 823 g/mol. The number of fused-ring (bicyclic) bond motifs is 9. The van der Waals surface area contributed by atoms with Crippen molar-refractivity contribution in [2.75, 3.05) is 4.90 Å². The van der Waals surface area contributed by atoms with Crippen molar-refractivity contribution in [3.05, 3.63) is 247 Å². The summed E-state index contributed by atoms with van der Waals surface area (Å²) in [5.41, 5.74) is 25.2. The summed E-state index contributed by atoms with van der Waals surface area (Å²) in [5, 5.41) is 2.30. The van der Waals surface area contributed by atoms with E-state index in [1.54, 1.807) is 0 Å². The zero-order chi connectivity index (χ0) is 45.7. The molecule has 1 aromatic heterocycles. The average molecular weight is 872 g/mol. The SMILES string of the molecule is CC1(C)c2cc(-c3ccccc3)ccc2-c2ccc(N(c3ccc(-c4cccc(-c5ccccc5)c4)cc3)c3ccc4c(c3)C(C)(C)c3cc(-c5ccc6oc7ccccc7c6c5)ccc3-4)cc21. The van der Waals surface area contributed by atoms with E-state index >= 15 is 0 Å². The van der Waals surface area contributed by atoms with E-state index in [0.717, 1.165) is 39.0 Å². The fraction of sp³-hybridized carbons (Fsp3) is 0.0909. The van der Waals surface area contributed by atoms with Crippen molar-refractivity contribution in [3.8, 4) is 66.8 Å². The van der Waals surface area contributed by atoms with E-state index < -0.39 is 0 Å². The summed E-state index contributed by atoms with van der Waals surface area (Å²) in [6, 6.07) is 82.7. The minimum absolute atomic E-state index is 0.195. The van der Waals surface area contributed by atoms with Crippen LogP contribution in [0.2, 0.25) is 0 Å². The third-order valence-electron chi connectivity index (χ3n) is 15.1. The lowest BCUT2D eigenvalue weighted by Gasteiger charge is -2.30. The van der Waals surface area contributed by atoms with E-state index in [1.807, 2.05) is 12.1 Å². The molecule has 0 unspecified atom stereocenters. The maximum absolute atomic E-state index is 6.19. The molecule has 0 radical (unpaired) electrons. The molecule has 0 saturated carbocycles. The number of para-hydroxylation sites is 1. The second kappa shape index (κ2) is 15.2. The zero-order valence-electron chi connectivity index (χ0n) is 38.7. The number of anilines is 3. The van der Waals surface area contributed by atoms with Crippen LogP contribution in [0, 0.1) is 0 Å². The summed E-state index contributed by atoms with van der Waals surface area (Å²) >= 11 is 0. The molecule has 13 rings (SSSR count). The average Bonchev–Trinajstić information content (AvgIpc) is 3.95. The molecule has 68 heavy (non-hydrogen) atoms. The summed E-state index contributed by atoms with van der Waals surface area (Å²) in [7, 11) is 0. The number of furan rings is 1. The summed E-state index contributed by atoms with van der Waals surface area (Å²) in [6.45, 7) is 9.55. The maximum Gasteiger partial charge on any atom is 0.135 e. The Hall–Kier alpha value is -8.20. The normalized spacial score (nSPS) is 13.8. The third-order valence-corrected chi connectivity index (χ3v) is 15.1. The number of nitrogens with zero attached hydrogens (tertiary/aromatic N) is 1. The summed E-state index contributed by atoms with van der Waals surface area (Å²) < 4.78 is 6.19. The Balaban J connectivity index is 0.907. The third kappa shape index (κ3) is 6.32. The molecule has 2 aliphatic rings. The van der Waals surface area contributed by atoms with Crippen molar-refractivity contribution in [1.29, 1.82) is 0 Å². The zero-order valence-corrected chi connectivity index (χ0v) is 38.7. The molecule has 1 heterocycles. The van der Waals surface area contributed by atoms with Gasteiger partial charge in [-0.15, -0.1) is 0 Å². The van der Waals surface area contributed by atoms with E-state index in [9.17, 15) is 0 Å². The van der Waals surface area contributed by atoms with Gasteiger partial charge in [-0.3, -0.25) is 0 Å². The number of benzene rings is 10. The predicted molar refractivity (Wildman–Crippen MR) is 285 cm³/mol. The molecule has 0 spiro atoms. The molecule has 0 atom stereocenters. The van der Waals surface area contributed by atoms with Gasteiger partial charge in [0.1, 0.15) is 11.2 Å². The quantitative estimate of drug-likeness (QED) is 0.159. The molecule has 0 aliphatic heterocycles. The Kier molecular flexibility index (Phi) is 8.95. The van der Waals surface area contributed by atoms with Gasteiger partial charge >= 0.3 is 0 Å². The van der Waals surface area contributed by atoms with Gasteiger partial charge in [-0.05, 0) is 162 Å². The maximum atomic E-state index is 6.19. The van der Waals surface area contributed by atoms with Crippen LogP contribution in [0.5, 0.6) is 0 Å². The van der Waals surface area contributed by atoms with Crippen LogP contribution in [0.3, 0.4) is 0 Å². The predicted octanol–water partition coefficient (Wildman–Crippen LogP) is 18.3. The molecule has 2 nitrogen and oxygen atoms in total. The second-order valence-corrected chi connectivity index (χ2v) is 19.7. The minimum atomic E-state index is -0.236. The van der Waals surface area contributed by atoms with Crippen molar-refractivity contribution < 1.29 is 4.42 Å². The lowest BCUT2D eigenvalue weighted by Crippen LogP contribution is -2.18. The largest absolute Gasteiger partial charge is 0.456 e. The topological polar surface area (TPSA) is 16.4 Å². The Bertz CT molecular complexity index is 3780. The van der Waals surface area contributed by atoms with Crippen molar-refractivity contribution in [2.24, 2.45) is 0 Å². The molecule has 0 fully saturated rings. The molecular formula is C66H49NO. The van der Waals surface area contributed by atoms with E-state index in [0.29, 0.717) is 0 Å². The second-order valence-electron chi connectivity index (χ2n) is 19.7. The Morgan fingerprint density at radius 2 is 0.662 bits per heavy atom. The highest BCUT2D eigenvalue weighted by Gasteiger charge is 2.38. The fourth-order valence-electron chi connectivity index (χ4n) is 11.4. The van der Waals surface area contributed by atoms with E-state index in [-0.39, 0.29) is 10.8 Å². The first-order valence-corrected chi connectivity index (χ1v) is 23.8. The number of hydrogen-bond acceptors (Lipinski definition) is 2. The highest BCUT2D eigenvalue weighted by Crippen LogP contribution is 2.54. The molecule has 11 aromatic rings. The molecule has 0 N–H and O–H groups in total. The van der Waals surface area contributed by atoms with Crippen LogP contribution in [-0.4, -0.2) is 0 Å². The first-order chi connectivity index (χ1) is 33.2. The molecule has 10 aromatic carbocycles. The van der Waals surface area contributed by atoms with Crippen LogP contribution in [0.1, 0.15) is 49.9 Å². The van der Waals surface area contributed by atoms with Gasteiger partial charge in [0.15, 0.2) is 0 Å². The molecule has 0 bridgehead atoms. The van der Waals surface area contributed by atoms with Crippen molar-refractivity contribution in [1.82, 2.24) is 0 Å². The first-order valence-electron chi connectivity index (χ1n) is 23.8. The lowest BCUT2D eigenvalue weighted by molar-refractivity contribution is 0.660. The van der Waals surface area contributed by atoms with Gasteiger partial charge in [0.25, 0.3) is 0 Å². The monoisotopic (exact) mass is 871 g/mol.